The number of aromatic nitrogens is 1. The molecule has 0 saturated heterocycles. The van der Waals surface area contributed by atoms with Crippen LogP contribution in [0.4, 0.5) is 0 Å². The zero-order chi connectivity index (χ0) is 20.1. The molecule has 1 atom stereocenters. The lowest BCUT2D eigenvalue weighted by Crippen LogP contribution is -2.22. The summed E-state index contributed by atoms with van der Waals surface area (Å²) in [5, 5.41) is 11.6. The van der Waals surface area contributed by atoms with E-state index in [0.717, 1.165) is 65.7 Å². The fourth-order valence-electron chi connectivity index (χ4n) is 5.51. The first-order valence-corrected chi connectivity index (χ1v) is 11.6. The number of aliphatic carboxylic acids is 1. The van der Waals surface area contributed by atoms with Crippen molar-refractivity contribution in [2.45, 2.75) is 64.7 Å². The Labute approximate surface area is 175 Å². The van der Waals surface area contributed by atoms with Gasteiger partial charge in [-0.2, -0.15) is 0 Å². The number of hydrogen-bond donors (Lipinski definition) is 1. The number of carboxylic acid groups (broad SMARTS) is 1. The van der Waals surface area contributed by atoms with Gasteiger partial charge in [-0.15, -0.1) is 11.3 Å². The molecule has 3 aromatic rings. The Hall–Kier alpha value is -2.20. The Balaban J connectivity index is 1.84. The van der Waals surface area contributed by atoms with Crippen molar-refractivity contribution < 1.29 is 9.90 Å². The van der Waals surface area contributed by atoms with Crippen molar-refractivity contribution in [2.75, 3.05) is 0 Å². The van der Waals surface area contributed by atoms with Gasteiger partial charge in [-0.25, -0.2) is 4.98 Å². The van der Waals surface area contributed by atoms with Crippen LogP contribution in [0.15, 0.2) is 24.3 Å². The quantitative estimate of drug-likeness (QED) is 0.544. The van der Waals surface area contributed by atoms with Crippen LogP contribution < -0.4 is 0 Å². The third-order valence-electron chi connectivity index (χ3n) is 6.87. The van der Waals surface area contributed by atoms with E-state index in [9.17, 15) is 9.90 Å². The molecule has 1 N–H and O–H groups in total. The summed E-state index contributed by atoms with van der Waals surface area (Å²) in [5.41, 5.74) is 6.79. The van der Waals surface area contributed by atoms with Gasteiger partial charge < -0.3 is 5.11 Å². The van der Waals surface area contributed by atoms with E-state index in [2.05, 4.69) is 31.2 Å². The minimum atomic E-state index is -0.693. The highest BCUT2D eigenvalue weighted by Crippen LogP contribution is 2.48. The predicted octanol–water partition coefficient (Wildman–Crippen LogP) is 6.43. The Bertz CT molecular complexity index is 1090. The van der Waals surface area contributed by atoms with Gasteiger partial charge in [0.2, 0.25) is 0 Å². The Morgan fingerprint density at radius 3 is 2.52 bits per heavy atom. The maximum atomic E-state index is 12.6. The van der Waals surface area contributed by atoms with E-state index < -0.39 is 11.9 Å². The van der Waals surface area contributed by atoms with Gasteiger partial charge in [0.1, 0.15) is 4.83 Å². The minimum Gasteiger partial charge on any atom is -0.481 e. The smallest absolute Gasteiger partial charge is 0.311 e. The topological polar surface area (TPSA) is 50.2 Å². The third-order valence-corrected chi connectivity index (χ3v) is 8.06. The fourth-order valence-corrected chi connectivity index (χ4v) is 6.82. The zero-order valence-corrected chi connectivity index (χ0v) is 17.9. The van der Waals surface area contributed by atoms with Crippen molar-refractivity contribution >= 4 is 27.5 Å². The molecule has 1 fully saturated rings. The first kappa shape index (κ1) is 18.8. The maximum Gasteiger partial charge on any atom is 0.311 e. The molecular weight excluding hydrogens is 378 g/mol. The number of aryl methyl sites for hydroxylation is 4. The number of fused-ring (bicyclic) bond motifs is 3. The van der Waals surface area contributed by atoms with Crippen molar-refractivity contribution in [1.82, 2.24) is 4.98 Å². The number of rotatable bonds is 4. The second kappa shape index (κ2) is 7.24. The monoisotopic (exact) mass is 405 g/mol. The molecule has 0 radical (unpaired) electrons. The number of pyridine rings is 1. The van der Waals surface area contributed by atoms with Crippen LogP contribution in [0, 0.1) is 19.8 Å². The molecule has 0 aliphatic heterocycles. The van der Waals surface area contributed by atoms with Gasteiger partial charge in [-0.1, -0.05) is 42.7 Å². The highest BCUT2D eigenvalue weighted by atomic mass is 32.1. The first-order valence-electron chi connectivity index (χ1n) is 10.8. The number of hydrogen-bond acceptors (Lipinski definition) is 3. The summed E-state index contributed by atoms with van der Waals surface area (Å²) in [7, 11) is 0. The SMILES string of the molecule is Cc1ccc(-c2c(C(C(=O)O)C3CCCC3)c(C)nc3sc4c(c23)CCC4)cc1. The van der Waals surface area contributed by atoms with Crippen LogP contribution in [-0.2, 0) is 17.6 Å². The first-order chi connectivity index (χ1) is 14.0. The van der Waals surface area contributed by atoms with E-state index in [0.29, 0.717) is 0 Å². The van der Waals surface area contributed by atoms with Crippen LogP contribution in [0.5, 0.6) is 0 Å². The molecule has 0 amide bonds. The highest BCUT2D eigenvalue weighted by Gasteiger charge is 2.37. The molecule has 2 aliphatic carbocycles. The molecule has 5 rings (SSSR count). The molecule has 3 nitrogen and oxygen atoms in total. The van der Waals surface area contributed by atoms with E-state index >= 15 is 0 Å². The Kier molecular flexibility index (Phi) is 4.70. The summed E-state index contributed by atoms with van der Waals surface area (Å²) in [5.74, 6) is -0.953. The van der Waals surface area contributed by atoms with Crippen LogP contribution in [-0.4, -0.2) is 16.1 Å². The maximum absolute atomic E-state index is 12.6. The summed E-state index contributed by atoms with van der Waals surface area (Å²) < 4.78 is 0. The van der Waals surface area contributed by atoms with Gasteiger partial charge >= 0.3 is 5.97 Å². The van der Waals surface area contributed by atoms with Crippen molar-refractivity contribution in [3.63, 3.8) is 0 Å². The molecule has 1 unspecified atom stereocenters. The van der Waals surface area contributed by atoms with E-state index in [1.807, 2.05) is 18.3 Å². The van der Waals surface area contributed by atoms with Crippen molar-refractivity contribution in [1.29, 1.82) is 0 Å². The van der Waals surface area contributed by atoms with E-state index in [4.69, 9.17) is 4.98 Å². The molecule has 1 saturated carbocycles. The molecular formula is C25H27NO2S. The standard InChI is InChI=1S/C25H27NO2S/c1-14-10-12-17(13-11-14)21-20(22(25(27)28)16-6-3-4-7-16)15(2)26-24-23(21)18-8-5-9-19(18)29-24/h10-13,16,22H,3-9H2,1-2H3,(H,27,28). The Morgan fingerprint density at radius 1 is 1.10 bits per heavy atom. The lowest BCUT2D eigenvalue weighted by atomic mass is 9.79. The summed E-state index contributed by atoms with van der Waals surface area (Å²) in [6.07, 6.45) is 7.68. The van der Waals surface area contributed by atoms with Crippen LogP contribution in [0.25, 0.3) is 21.3 Å². The van der Waals surface area contributed by atoms with Gasteiger partial charge in [0.25, 0.3) is 0 Å². The predicted molar refractivity (Wildman–Crippen MR) is 119 cm³/mol. The van der Waals surface area contributed by atoms with Crippen LogP contribution in [0.3, 0.4) is 0 Å². The van der Waals surface area contributed by atoms with Crippen molar-refractivity contribution in [3.05, 3.63) is 51.5 Å². The minimum absolute atomic E-state index is 0.210. The van der Waals surface area contributed by atoms with E-state index in [1.54, 1.807) is 0 Å². The average molecular weight is 406 g/mol. The third kappa shape index (κ3) is 3.09. The second-order valence-electron chi connectivity index (χ2n) is 8.75. The number of benzene rings is 1. The van der Waals surface area contributed by atoms with Gasteiger partial charge in [0, 0.05) is 16.0 Å². The molecule has 2 heterocycles. The summed E-state index contributed by atoms with van der Waals surface area (Å²) in [4.78, 5) is 20.1. The van der Waals surface area contributed by atoms with Gasteiger partial charge in [0.15, 0.2) is 0 Å². The largest absolute Gasteiger partial charge is 0.481 e. The number of carbonyl (C=O) groups is 1. The molecule has 4 heteroatoms. The van der Waals surface area contributed by atoms with Crippen LogP contribution in [0.1, 0.15) is 65.3 Å². The molecule has 0 bridgehead atoms. The number of carboxylic acids is 1. The van der Waals surface area contributed by atoms with Crippen LogP contribution in [0.2, 0.25) is 0 Å². The Morgan fingerprint density at radius 2 is 1.83 bits per heavy atom. The fraction of sp³-hybridized carbons (Fsp3) is 0.440. The average Bonchev–Trinajstić information content (AvgIpc) is 3.41. The van der Waals surface area contributed by atoms with Crippen LogP contribution >= 0.6 is 11.3 Å². The van der Waals surface area contributed by atoms with Crippen molar-refractivity contribution in [3.8, 4) is 11.1 Å². The zero-order valence-electron chi connectivity index (χ0n) is 17.1. The molecule has 1 aromatic carbocycles. The van der Waals surface area contributed by atoms with Gasteiger partial charge in [-0.3, -0.25) is 4.79 Å². The highest BCUT2D eigenvalue weighted by molar-refractivity contribution is 7.19. The number of thiophene rings is 1. The molecule has 150 valence electrons. The summed E-state index contributed by atoms with van der Waals surface area (Å²) in [6, 6.07) is 8.61. The lowest BCUT2D eigenvalue weighted by molar-refractivity contribution is -0.140. The number of nitrogens with zero attached hydrogens (tertiary/aromatic N) is 1. The molecule has 29 heavy (non-hydrogen) atoms. The second-order valence-corrected chi connectivity index (χ2v) is 9.83. The normalized spacial score (nSPS) is 17.7. The van der Waals surface area contributed by atoms with Crippen molar-refractivity contribution in [2.24, 2.45) is 5.92 Å². The molecule has 0 spiro atoms. The lowest BCUT2D eigenvalue weighted by Gasteiger charge is -2.25. The van der Waals surface area contributed by atoms with E-state index in [1.165, 1.54) is 27.8 Å². The summed E-state index contributed by atoms with van der Waals surface area (Å²) in [6.45, 7) is 4.11. The molecule has 2 aromatic heterocycles. The summed E-state index contributed by atoms with van der Waals surface area (Å²) >= 11 is 1.82. The molecule has 2 aliphatic rings. The van der Waals surface area contributed by atoms with E-state index in [-0.39, 0.29) is 5.92 Å². The van der Waals surface area contributed by atoms with Gasteiger partial charge in [0.05, 0.1) is 5.92 Å². The van der Waals surface area contributed by atoms with Gasteiger partial charge in [-0.05, 0) is 74.1 Å².